The van der Waals surface area contributed by atoms with E-state index in [0.29, 0.717) is 12.3 Å². The van der Waals surface area contributed by atoms with Gasteiger partial charge in [0, 0.05) is 6.42 Å². The summed E-state index contributed by atoms with van der Waals surface area (Å²) in [7, 11) is 0. The fourth-order valence-corrected chi connectivity index (χ4v) is 2.20. The molecule has 0 spiro atoms. The molecule has 0 bridgehead atoms. The van der Waals surface area contributed by atoms with Crippen molar-refractivity contribution in [1.82, 2.24) is 0 Å². The van der Waals surface area contributed by atoms with Crippen LogP contribution < -0.4 is 0 Å². The van der Waals surface area contributed by atoms with Crippen molar-refractivity contribution in [2.75, 3.05) is 0 Å². The molecule has 0 aromatic rings. The Kier molecular flexibility index (Phi) is 4.91. The number of hydrogen-bond donors (Lipinski definition) is 1. The third-order valence-electron chi connectivity index (χ3n) is 2.97. The van der Waals surface area contributed by atoms with Crippen LogP contribution in [0, 0.1) is 5.92 Å². The zero-order valence-electron chi connectivity index (χ0n) is 8.54. The zero-order valence-corrected chi connectivity index (χ0v) is 8.54. The van der Waals surface area contributed by atoms with E-state index >= 15 is 0 Å². The molecule has 3 heteroatoms. The number of carboxylic acid groups (broad SMARTS) is 1. The first kappa shape index (κ1) is 11.5. The second-order valence-corrected chi connectivity index (χ2v) is 4.27. The molecule has 0 aromatic carbocycles. The second-order valence-electron chi connectivity index (χ2n) is 4.27. The fourth-order valence-electron chi connectivity index (χ4n) is 2.20. The van der Waals surface area contributed by atoms with Gasteiger partial charge in [-0.2, -0.15) is 0 Å². The van der Waals surface area contributed by atoms with Gasteiger partial charge in [-0.3, -0.25) is 4.79 Å². The predicted octanol–water partition coefficient (Wildman–Crippen LogP) is 3.16. The quantitative estimate of drug-likeness (QED) is 0.695. The summed E-state index contributed by atoms with van der Waals surface area (Å²) >= 11 is 0. The summed E-state index contributed by atoms with van der Waals surface area (Å²) in [4.78, 5) is 10.2. The number of rotatable bonds is 5. The van der Waals surface area contributed by atoms with Crippen molar-refractivity contribution in [2.24, 2.45) is 5.92 Å². The molecule has 0 heterocycles. The zero-order chi connectivity index (χ0) is 10.4. The average Bonchev–Trinajstić information content (AvgIpc) is 2.12. The van der Waals surface area contributed by atoms with Crippen LogP contribution in [0.1, 0.15) is 51.4 Å². The Bertz CT molecular complexity index is 182. The molecule has 2 nitrogen and oxygen atoms in total. The Morgan fingerprint density at radius 2 is 2.14 bits per heavy atom. The first-order valence-corrected chi connectivity index (χ1v) is 5.54. The summed E-state index contributed by atoms with van der Waals surface area (Å²) in [5.41, 5.74) is 0. The highest BCUT2D eigenvalue weighted by Gasteiger charge is 2.20. The van der Waals surface area contributed by atoms with Crippen LogP contribution in [0.2, 0.25) is 0 Å². The molecule has 0 radical (unpaired) electrons. The highest BCUT2D eigenvalue weighted by molar-refractivity contribution is 5.66. The molecule has 2 unspecified atom stereocenters. The Morgan fingerprint density at radius 1 is 1.36 bits per heavy atom. The van der Waals surface area contributed by atoms with Crippen LogP contribution in [0.15, 0.2) is 0 Å². The van der Waals surface area contributed by atoms with Gasteiger partial charge in [0.15, 0.2) is 0 Å². The van der Waals surface area contributed by atoms with E-state index in [4.69, 9.17) is 5.11 Å². The molecular weight excluding hydrogens is 183 g/mol. The van der Waals surface area contributed by atoms with Gasteiger partial charge in [-0.1, -0.05) is 25.7 Å². The van der Waals surface area contributed by atoms with Crippen molar-refractivity contribution in [1.29, 1.82) is 0 Å². The monoisotopic (exact) mass is 202 g/mol. The lowest BCUT2D eigenvalue weighted by Gasteiger charge is -2.24. The molecule has 14 heavy (non-hydrogen) atoms. The van der Waals surface area contributed by atoms with Crippen molar-refractivity contribution in [3.8, 4) is 0 Å². The Balaban J connectivity index is 2.03. The lowest BCUT2D eigenvalue weighted by Crippen LogP contribution is -2.16. The minimum atomic E-state index is -0.725. The van der Waals surface area contributed by atoms with Crippen LogP contribution in [0.25, 0.3) is 0 Å². The van der Waals surface area contributed by atoms with E-state index in [1.807, 2.05) is 0 Å². The Labute approximate surface area is 84.5 Å². The summed E-state index contributed by atoms with van der Waals surface area (Å²) < 4.78 is 13.0. The molecule has 1 rings (SSSR count). The van der Waals surface area contributed by atoms with Gasteiger partial charge in [-0.05, 0) is 25.2 Å². The summed E-state index contributed by atoms with van der Waals surface area (Å²) in [5, 5.41) is 8.43. The van der Waals surface area contributed by atoms with Gasteiger partial charge in [-0.15, -0.1) is 0 Å². The lowest BCUT2D eigenvalue weighted by atomic mass is 9.84. The number of halogens is 1. The van der Waals surface area contributed by atoms with Crippen molar-refractivity contribution in [2.45, 2.75) is 57.5 Å². The predicted molar refractivity (Wildman–Crippen MR) is 53.0 cm³/mol. The minimum absolute atomic E-state index is 0.256. The Hall–Kier alpha value is -0.600. The van der Waals surface area contributed by atoms with Gasteiger partial charge in [0.05, 0.1) is 0 Å². The molecule has 1 saturated carbocycles. The number of carbonyl (C=O) groups is 1. The maximum Gasteiger partial charge on any atom is 0.303 e. The molecule has 0 aromatic heterocycles. The van der Waals surface area contributed by atoms with Gasteiger partial charge in [0.25, 0.3) is 0 Å². The van der Waals surface area contributed by atoms with E-state index < -0.39 is 12.1 Å². The van der Waals surface area contributed by atoms with E-state index in [9.17, 15) is 9.18 Å². The number of carboxylic acids is 1. The average molecular weight is 202 g/mol. The molecule has 1 fully saturated rings. The second kappa shape index (κ2) is 5.99. The van der Waals surface area contributed by atoms with Crippen molar-refractivity contribution >= 4 is 5.97 Å². The van der Waals surface area contributed by atoms with Gasteiger partial charge in [0.1, 0.15) is 6.17 Å². The highest BCUT2D eigenvalue weighted by Crippen LogP contribution is 2.29. The van der Waals surface area contributed by atoms with E-state index in [2.05, 4.69) is 0 Å². The van der Waals surface area contributed by atoms with Crippen LogP contribution in [0.3, 0.4) is 0 Å². The Morgan fingerprint density at radius 3 is 2.79 bits per heavy atom. The van der Waals surface area contributed by atoms with Gasteiger partial charge in [0.2, 0.25) is 0 Å². The van der Waals surface area contributed by atoms with Crippen LogP contribution in [0.4, 0.5) is 4.39 Å². The van der Waals surface area contributed by atoms with Crippen molar-refractivity contribution in [3.05, 3.63) is 0 Å². The third-order valence-corrected chi connectivity index (χ3v) is 2.97. The number of hydrogen-bond acceptors (Lipinski definition) is 1. The first-order chi connectivity index (χ1) is 6.68. The highest BCUT2D eigenvalue weighted by atomic mass is 19.1. The summed E-state index contributed by atoms with van der Waals surface area (Å²) in [6.07, 6.45) is 5.90. The molecule has 1 aliphatic rings. The maximum absolute atomic E-state index is 13.0. The first-order valence-electron chi connectivity index (χ1n) is 5.54. The molecule has 1 N–H and O–H groups in total. The molecule has 82 valence electrons. The van der Waals surface area contributed by atoms with E-state index in [-0.39, 0.29) is 6.42 Å². The van der Waals surface area contributed by atoms with Gasteiger partial charge >= 0.3 is 5.97 Å². The molecule has 0 aliphatic heterocycles. The number of unbranched alkanes of at least 4 members (excludes halogenated alkanes) is 1. The topological polar surface area (TPSA) is 37.3 Å². The molecule has 1 aliphatic carbocycles. The fraction of sp³-hybridized carbons (Fsp3) is 0.909. The normalized spacial score (nSPS) is 27.5. The van der Waals surface area contributed by atoms with Crippen molar-refractivity contribution < 1.29 is 14.3 Å². The van der Waals surface area contributed by atoms with E-state index in [0.717, 1.165) is 38.5 Å². The maximum atomic E-state index is 13.0. The minimum Gasteiger partial charge on any atom is -0.481 e. The van der Waals surface area contributed by atoms with Crippen LogP contribution in [-0.2, 0) is 4.79 Å². The molecule has 2 atom stereocenters. The summed E-state index contributed by atoms with van der Waals surface area (Å²) in [6, 6.07) is 0. The summed E-state index contributed by atoms with van der Waals surface area (Å²) in [5.74, 6) is -0.218. The van der Waals surface area contributed by atoms with Crippen LogP contribution >= 0.6 is 0 Å². The smallest absolute Gasteiger partial charge is 0.303 e. The van der Waals surface area contributed by atoms with Crippen LogP contribution in [-0.4, -0.2) is 17.2 Å². The van der Waals surface area contributed by atoms with Gasteiger partial charge < -0.3 is 5.11 Å². The van der Waals surface area contributed by atoms with Crippen LogP contribution in [0.5, 0.6) is 0 Å². The van der Waals surface area contributed by atoms with E-state index in [1.54, 1.807) is 0 Å². The molecule has 0 amide bonds. The standard InChI is InChI=1S/C11H19FO2/c12-10-6-3-5-9(8-10)4-1-2-7-11(13)14/h9-10H,1-8H2,(H,13,14). The SMILES string of the molecule is O=C(O)CCCCC1CCCC(F)C1. The lowest BCUT2D eigenvalue weighted by molar-refractivity contribution is -0.137. The molecular formula is C11H19FO2. The third kappa shape index (κ3) is 4.58. The largest absolute Gasteiger partial charge is 0.481 e. The molecule has 0 saturated heterocycles. The summed E-state index contributed by atoms with van der Waals surface area (Å²) in [6.45, 7) is 0. The number of aliphatic carboxylic acids is 1. The van der Waals surface area contributed by atoms with E-state index in [1.165, 1.54) is 0 Å². The van der Waals surface area contributed by atoms with Gasteiger partial charge in [-0.25, -0.2) is 4.39 Å². The van der Waals surface area contributed by atoms with Crippen molar-refractivity contribution in [3.63, 3.8) is 0 Å². The number of alkyl halides is 1.